The second-order valence-corrected chi connectivity index (χ2v) is 5.74. The van der Waals surface area contributed by atoms with Gasteiger partial charge in [0.25, 0.3) is 5.91 Å². The number of Topliss-reactive ketones (excluding diaryl/α,β-unsaturated/α-hetero) is 1. The molecular weight excluding hydrogens is 244 g/mol. The van der Waals surface area contributed by atoms with E-state index in [1.165, 1.54) is 6.26 Å². The molecular formula is C14H18N2O3. The molecule has 0 saturated heterocycles. The van der Waals surface area contributed by atoms with Gasteiger partial charge in [-0.1, -0.05) is 13.8 Å². The minimum absolute atomic E-state index is 0.0789. The Labute approximate surface area is 112 Å². The lowest BCUT2D eigenvalue weighted by Gasteiger charge is -2.28. The number of nitrogens with one attached hydrogen (secondary N) is 1. The third-order valence-corrected chi connectivity index (χ3v) is 3.18. The van der Waals surface area contributed by atoms with Crippen LogP contribution in [-0.2, 0) is 4.79 Å². The highest BCUT2D eigenvalue weighted by Crippen LogP contribution is 2.31. The van der Waals surface area contributed by atoms with Gasteiger partial charge in [-0.3, -0.25) is 9.59 Å². The fourth-order valence-electron chi connectivity index (χ4n) is 2.39. The quantitative estimate of drug-likeness (QED) is 0.832. The summed E-state index contributed by atoms with van der Waals surface area (Å²) in [5.41, 5.74) is 3.61. The van der Waals surface area contributed by atoms with Gasteiger partial charge < -0.3 is 4.42 Å². The van der Waals surface area contributed by atoms with Gasteiger partial charge in [-0.25, -0.2) is 5.43 Å². The van der Waals surface area contributed by atoms with E-state index in [1.807, 2.05) is 13.8 Å². The Morgan fingerprint density at radius 2 is 2.16 bits per heavy atom. The number of carbonyl (C=O) groups is 2. The number of rotatable bonds is 2. The monoisotopic (exact) mass is 262 g/mol. The number of amides is 1. The van der Waals surface area contributed by atoms with Crippen LogP contribution in [0.1, 0.15) is 49.2 Å². The van der Waals surface area contributed by atoms with Crippen LogP contribution >= 0.6 is 0 Å². The molecule has 1 saturated carbocycles. The molecule has 1 fully saturated rings. The SMILES string of the molecule is Cc1occc1C(=O)N/N=C1/CC(=O)CC(C)(C)C1. The first-order chi connectivity index (χ1) is 8.87. The summed E-state index contributed by atoms with van der Waals surface area (Å²) in [6, 6.07) is 1.60. The molecule has 1 aromatic heterocycles. The van der Waals surface area contributed by atoms with Gasteiger partial charge in [0, 0.05) is 18.6 Å². The molecule has 0 aromatic carbocycles. The predicted octanol–water partition coefficient (Wildman–Crippen LogP) is 2.45. The van der Waals surface area contributed by atoms with Crippen molar-refractivity contribution in [2.24, 2.45) is 10.5 Å². The standard InChI is InChI=1S/C14H18N2O3/c1-9-12(4-5-19-9)13(18)16-15-10-6-11(17)8-14(2,3)7-10/h4-5H,6-8H2,1-3H3,(H,16,18)/b15-10-. The summed E-state index contributed by atoms with van der Waals surface area (Å²) >= 11 is 0. The average Bonchev–Trinajstić information content (AvgIpc) is 2.69. The third-order valence-electron chi connectivity index (χ3n) is 3.18. The molecule has 0 aliphatic heterocycles. The molecule has 0 radical (unpaired) electrons. The normalized spacial score (nSPS) is 20.6. The molecule has 19 heavy (non-hydrogen) atoms. The highest BCUT2D eigenvalue weighted by molar-refractivity contribution is 6.05. The van der Waals surface area contributed by atoms with E-state index < -0.39 is 0 Å². The molecule has 5 nitrogen and oxygen atoms in total. The summed E-state index contributed by atoms with van der Waals surface area (Å²) in [5.74, 6) is 0.413. The number of hydrogen-bond donors (Lipinski definition) is 1. The fraction of sp³-hybridized carbons (Fsp3) is 0.500. The Bertz CT molecular complexity index is 541. The molecule has 0 atom stereocenters. The third kappa shape index (κ3) is 3.30. The first-order valence-electron chi connectivity index (χ1n) is 6.29. The van der Waals surface area contributed by atoms with Crippen LogP contribution in [0.4, 0.5) is 0 Å². The molecule has 2 rings (SSSR count). The summed E-state index contributed by atoms with van der Waals surface area (Å²) in [4.78, 5) is 23.5. The lowest BCUT2D eigenvalue weighted by atomic mass is 9.76. The maximum Gasteiger partial charge on any atom is 0.274 e. The van der Waals surface area contributed by atoms with Gasteiger partial charge in [-0.2, -0.15) is 5.10 Å². The minimum Gasteiger partial charge on any atom is -0.469 e. The zero-order valence-corrected chi connectivity index (χ0v) is 11.4. The molecule has 1 amide bonds. The largest absolute Gasteiger partial charge is 0.469 e. The van der Waals surface area contributed by atoms with Crippen LogP contribution in [0.15, 0.2) is 21.8 Å². The summed E-state index contributed by atoms with van der Waals surface area (Å²) in [6.07, 6.45) is 3.09. The highest BCUT2D eigenvalue weighted by Gasteiger charge is 2.30. The van der Waals surface area contributed by atoms with Crippen LogP contribution < -0.4 is 5.43 Å². The van der Waals surface area contributed by atoms with Crippen LogP contribution in [0, 0.1) is 12.3 Å². The molecule has 1 aromatic rings. The van der Waals surface area contributed by atoms with E-state index in [1.54, 1.807) is 13.0 Å². The molecule has 0 unspecified atom stereocenters. The minimum atomic E-state index is -0.311. The molecule has 0 bridgehead atoms. The van der Waals surface area contributed by atoms with E-state index in [4.69, 9.17) is 4.42 Å². The van der Waals surface area contributed by atoms with Crippen molar-refractivity contribution in [3.05, 3.63) is 23.7 Å². The maximum atomic E-state index is 11.8. The Morgan fingerprint density at radius 1 is 1.42 bits per heavy atom. The van der Waals surface area contributed by atoms with E-state index in [0.29, 0.717) is 24.2 Å². The van der Waals surface area contributed by atoms with Crippen molar-refractivity contribution >= 4 is 17.4 Å². The van der Waals surface area contributed by atoms with Gasteiger partial charge in [0.05, 0.1) is 11.8 Å². The summed E-state index contributed by atoms with van der Waals surface area (Å²) in [7, 11) is 0. The van der Waals surface area contributed by atoms with Gasteiger partial charge in [-0.15, -0.1) is 0 Å². The zero-order chi connectivity index (χ0) is 14.0. The van der Waals surface area contributed by atoms with Crippen LogP contribution in [0.25, 0.3) is 0 Å². The van der Waals surface area contributed by atoms with E-state index in [-0.39, 0.29) is 17.1 Å². The Kier molecular flexibility index (Phi) is 3.55. The van der Waals surface area contributed by atoms with Crippen molar-refractivity contribution in [2.45, 2.75) is 40.0 Å². The number of hydrogen-bond acceptors (Lipinski definition) is 4. The number of aryl methyl sites for hydroxylation is 1. The number of furan rings is 1. The molecule has 1 heterocycles. The topological polar surface area (TPSA) is 71.7 Å². The molecule has 0 spiro atoms. The van der Waals surface area contributed by atoms with Crippen LogP contribution in [0.5, 0.6) is 0 Å². The smallest absolute Gasteiger partial charge is 0.274 e. The predicted molar refractivity (Wildman–Crippen MR) is 71.0 cm³/mol. The molecule has 102 valence electrons. The van der Waals surface area contributed by atoms with Crippen LogP contribution in [-0.4, -0.2) is 17.4 Å². The van der Waals surface area contributed by atoms with Crippen molar-refractivity contribution < 1.29 is 14.0 Å². The maximum absolute atomic E-state index is 11.8. The lowest BCUT2D eigenvalue weighted by molar-refractivity contribution is -0.120. The molecule has 1 N–H and O–H groups in total. The second kappa shape index (κ2) is 4.99. The highest BCUT2D eigenvalue weighted by atomic mass is 16.3. The molecule has 1 aliphatic carbocycles. The van der Waals surface area contributed by atoms with Gasteiger partial charge in [0.1, 0.15) is 11.5 Å². The zero-order valence-electron chi connectivity index (χ0n) is 11.4. The fourth-order valence-corrected chi connectivity index (χ4v) is 2.39. The number of hydrazone groups is 1. The number of carbonyl (C=O) groups excluding carboxylic acids is 2. The average molecular weight is 262 g/mol. The Morgan fingerprint density at radius 3 is 2.74 bits per heavy atom. The van der Waals surface area contributed by atoms with Gasteiger partial charge in [-0.05, 0) is 24.8 Å². The van der Waals surface area contributed by atoms with E-state index in [2.05, 4.69) is 10.5 Å². The Hall–Kier alpha value is -1.91. The van der Waals surface area contributed by atoms with Crippen LogP contribution in [0.3, 0.4) is 0 Å². The number of nitrogens with zero attached hydrogens (tertiary/aromatic N) is 1. The van der Waals surface area contributed by atoms with Gasteiger partial charge in [0.2, 0.25) is 0 Å². The Balaban J connectivity index is 2.05. The van der Waals surface area contributed by atoms with E-state index in [0.717, 1.165) is 12.1 Å². The summed E-state index contributed by atoms with van der Waals surface area (Å²) in [5, 5.41) is 4.08. The van der Waals surface area contributed by atoms with Crippen molar-refractivity contribution in [1.29, 1.82) is 0 Å². The van der Waals surface area contributed by atoms with E-state index in [9.17, 15) is 9.59 Å². The van der Waals surface area contributed by atoms with Crippen molar-refractivity contribution in [3.63, 3.8) is 0 Å². The van der Waals surface area contributed by atoms with Gasteiger partial charge in [0.15, 0.2) is 0 Å². The van der Waals surface area contributed by atoms with Crippen molar-refractivity contribution in [1.82, 2.24) is 5.43 Å². The summed E-state index contributed by atoms with van der Waals surface area (Å²) < 4.78 is 5.06. The lowest BCUT2D eigenvalue weighted by Crippen LogP contribution is -2.31. The summed E-state index contributed by atoms with van der Waals surface area (Å²) in [6.45, 7) is 5.78. The van der Waals surface area contributed by atoms with Crippen molar-refractivity contribution in [3.8, 4) is 0 Å². The van der Waals surface area contributed by atoms with E-state index >= 15 is 0 Å². The van der Waals surface area contributed by atoms with Crippen molar-refractivity contribution in [2.75, 3.05) is 0 Å². The second-order valence-electron chi connectivity index (χ2n) is 5.74. The van der Waals surface area contributed by atoms with Gasteiger partial charge >= 0.3 is 0 Å². The first-order valence-corrected chi connectivity index (χ1v) is 6.29. The van der Waals surface area contributed by atoms with Crippen LogP contribution in [0.2, 0.25) is 0 Å². The molecule has 1 aliphatic rings. The number of ketones is 1. The first kappa shape index (κ1) is 13.5. The molecule has 5 heteroatoms.